The third-order valence-corrected chi connectivity index (χ3v) is 3.79. The number of nitrogens with one attached hydrogen (secondary N) is 1. The molecule has 1 aromatic carbocycles. The number of amides is 1. The van der Waals surface area contributed by atoms with Gasteiger partial charge in [0.15, 0.2) is 4.96 Å². The molecule has 0 saturated carbocycles. The Morgan fingerprint density at radius 3 is 3.00 bits per heavy atom. The third-order valence-electron chi connectivity index (χ3n) is 3.02. The number of para-hydroxylation sites is 1. The van der Waals surface area contributed by atoms with E-state index in [0.717, 1.165) is 0 Å². The van der Waals surface area contributed by atoms with E-state index in [1.807, 2.05) is 0 Å². The van der Waals surface area contributed by atoms with E-state index in [2.05, 4.69) is 10.3 Å². The zero-order valence-electron chi connectivity index (χ0n) is 10.8. The van der Waals surface area contributed by atoms with Crippen molar-refractivity contribution in [2.75, 3.05) is 5.32 Å². The second kappa shape index (κ2) is 5.47. The van der Waals surface area contributed by atoms with Crippen LogP contribution in [0.2, 0.25) is 0 Å². The SMILES string of the molecule is O=C(Nc1ccccc1CO)c1cnc2sccn2c1=O. The topological polar surface area (TPSA) is 83.7 Å². The second-order valence-corrected chi connectivity index (χ2v) is 5.18. The summed E-state index contributed by atoms with van der Waals surface area (Å²) in [5.41, 5.74) is 0.592. The van der Waals surface area contributed by atoms with Crippen molar-refractivity contribution in [2.24, 2.45) is 0 Å². The van der Waals surface area contributed by atoms with Crippen LogP contribution in [0.25, 0.3) is 4.96 Å². The molecule has 3 rings (SSSR count). The molecule has 0 radical (unpaired) electrons. The molecule has 2 N–H and O–H groups in total. The summed E-state index contributed by atoms with van der Waals surface area (Å²) in [5.74, 6) is -0.547. The summed E-state index contributed by atoms with van der Waals surface area (Å²) >= 11 is 1.32. The highest BCUT2D eigenvalue weighted by atomic mass is 32.1. The van der Waals surface area contributed by atoms with E-state index in [-0.39, 0.29) is 12.2 Å². The van der Waals surface area contributed by atoms with Gasteiger partial charge in [0.1, 0.15) is 5.56 Å². The standard InChI is InChI=1S/C14H11N3O3S/c18-8-9-3-1-2-4-11(9)16-12(19)10-7-15-14-17(13(10)20)5-6-21-14/h1-7,18H,8H2,(H,16,19). The number of nitrogens with zero attached hydrogens (tertiary/aromatic N) is 2. The number of thiazole rings is 1. The smallest absolute Gasteiger partial charge is 0.271 e. The van der Waals surface area contributed by atoms with Gasteiger partial charge in [0.2, 0.25) is 0 Å². The molecule has 21 heavy (non-hydrogen) atoms. The molecule has 7 heteroatoms. The zero-order chi connectivity index (χ0) is 14.8. The Morgan fingerprint density at radius 1 is 1.38 bits per heavy atom. The van der Waals surface area contributed by atoms with Gasteiger partial charge in [-0.2, -0.15) is 0 Å². The molecule has 0 spiro atoms. The fraction of sp³-hybridized carbons (Fsp3) is 0.0714. The van der Waals surface area contributed by atoms with Gasteiger partial charge in [0, 0.05) is 29.0 Å². The monoisotopic (exact) mass is 301 g/mol. The van der Waals surface area contributed by atoms with Crippen LogP contribution >= 0.6 is 11.3 Å². The highest BCUT2D eigenvalue weighted by molar-refractivity contribution is 7.15. The zero-order valence-corrected chi connectivity index (χ0v) is 11.6. The van der Waals surface area contributed by atoms with Crippen molar-refractivity contribution in [3.63, 3.8) is 0 Å². The van der Waals surface area contributed by atoms with E-state index in [1.165, 1.54) is 21.9 Å². The van der Waals surface area contributed by atoms with E-state index < -0.39 is 11.5 Å². The molecule has 6 nitrogen and oxygen atoms in total. The van der Waals surface area contributed by atoms with Crippen molar-refractivity contribution in [1.29, 1.82) is 0 Å². The molecule has 0 fully saturated rings. The first kappa shape index (κ1) is 13.5. The maximum Gasteiger partial charge on any atom is 0.271 e. The first-order chi connectivity index (χ1) is 10.2. The number of aromatic nitrogens is 2. The molecular formula is C14H11N3O3S. The van der Waals surface area contributed by atoms with Crippen LogP contribution in [0, 0.1) is 0 Å². The molecule has 1 amide bonds. The van der Waals surface area contributed by atoms with Crippen LogP contribution < -0.4 is 10.9 Å². The Balaban J connectivity index is 1.97. The lowest BCUT2D eigenvalue weighted by Crippen LogP contribution is -2.26. The fourth-order valence-electron chi connectivity index (χ4n) is 1.95. The van der Waals surface area contributed by atoms with Gasteiger partial charge in [0.05, 0.1) is 6.61 Å². The molecule has 0 aliphatic heterocycles. The highest BCUT2D eigenvalue weighted by Crippen LogP contribution is 2.15. The predicted molar refractivity (Wildman–Crippen MR) is 79.7 cm³/mol. The van der Waals surface area contributed by atoms with Crippen molar-refractivity contribution in [2.45, 2.75) is 6.61 Å². The minimum absolute atomic E-state index is 0.0429. The van der Waals surface area contributed by atoms with E-state index in [9.17, 15) is 14.7 Å². The average molecular weight is 301 g/mol. The summed E-state index contributed by atoms with van der Waals surface area (Å²) in [7, 11) is 0. The molecule has 106 valence electrons. The lowest BCUT2D eigenvalue weighted by molar-refractivity contribution is 0.102. The van der Waals surface area contributed by atoms with Gasteiger partial charge < -0.3 is 10.4 Å². The number of benzene rings is 1. The number of aliphatic hydroxyl groups excluding tert-OH is 1. The molecule has 2 aromatic heterocycles. The minimum Gasteiger partial charge on any atom is -0.392 e. The summed E-state index contributed by atoms with van der Waals surface area (Å²) in [6, 6.07) is 6.86. The quantitative estimate of drug-likeness (QED) is 0.768. The van der Waals surface area contributed by atoms with E-state index >= 15 is 0 Å². The van der Waals surface area contributed by atoms with Gasteiger partial charge in [-0.1, -0.05) is 18.2 Å². The van der Waals surface area contributed by atoms with Gasteiger partial charge >= 0.3 is 0 Å². The number of rotatable bonds is 3. The van der Waals surface area contributed by atoms with Crippen LogP contribution in [-0.2, 0) is 6.61 Å². The molecule has 0 unspecified atom stereocenters. The maximum atomic E-state index is 12.2. The summed E-state index contributed by atoms with van der Waals surface area (Å²) in [6.07, 6.45) is 2.85. The number of hydrogen-bond donors (Lipinski definition) is 2. The summed E-state index contributed by atoms with van der Waals surface area (Å²) in [4.78, 5) is 29.0. The number of carbonyl (C=O) groups excluding carboxylic acids is 1. The van der Waals surface area contributed by atoms with Gasteiger partial charge in [-0.05, 0) is 6.07 Å². The molecule has 3 aromatic rings. The summed E-state index contributed by atoms with van der Waals surface area (Å²) in [5, 5.41) is 13.6. The molecule has 0 bridgehead atoms. The van der Waals surface area contributed by atoms with E-state index in [0.29, 0.717) is 16.2 Å². The number of hydrogen-bond acceptors (Lipinski definition) is 5. The second-order valence-electron chi connectivity index (χ2n) is 4.30. The lowest BCUT2D eigenvalue weighted by Gasteiger charge is -2.08. The largest absolute Gasteiger partial charge is 0.392 e. The number of anilines is 1. The first-order valence-corrected chi connectivity index (χ1v) is 7.03. The van der Waals surface area contributed by atoms with E-state index in [1.54, 1.807) is 35.8 Å². The predicted octanol–water partition coefficient (Wildman–Crippen LogP) is 1.50. The summed E-state index contributed by atoms with van der Waals surface area (Å²) in [6.45, 7) is -0.197. The van der Waals surface area contributed by atoms with Crippen LogP contribution in [0.1, 0.15) is 15.9 Å². The molecule has 0 aliphatic carbocycles. The van der Waals surface area contributed by atoms with E-state index in [4.69, 9.17) is 0 Å². The average Bonchev–Trinajstić information content (AvgIpc) is 2.97. The van der Waals surface area contributed by atoms with Crippen LogP contribution in [0.4, 0.5) is 5.69 Å². The normalized spacial score (nSPS) is 10.7. The minimum atomic E-state index is -0.547. The Morgan fingerprint density at radius 2 is 2.19 bits per heavy atom. The Labute approximate surface area is 123 Å². The van der Waals surface area contributed by atoms with Crippen molar-refractivity contribution in [3.05, 3.63) is 63.5 Å². The Bertz CT molecular complexity index is 869. The van der Waals surface area contributed by atoms with Crippen LogP contribution in [-0.4, -0.2) is 20.4 Å². The molecule has 2 heterocycles. The number of fused-ring (bicyclic) bond motifs is 1. The first-order valence-electron chi connectivity index (χ1n) is 6.15. The van der Waals surface area contributed by atoms with Crippen molar-refractivity contribution < 1.29 is 9.90 Å². The van der Waals surface area contributed by atoms with Gasteiger partial charge in [-0.3, -0.25) is 14.0 Å². The maximum absolute atomic E-state index is 12.2. The van der Waals surface area contributed by atoms with Crippen LogP contribution in [0.5, 0.6) is 0 Å². The van der Waals surface area contributed by atoms with Crippen molar-refractivity contribution in [3.8, 4) is 0 Å². The van der Waals surface area contributed by atoms with Crippen LogP contribution in [0.3, 0.4) is 0 Å². The van der Waals surface area contributed by atoms with Crippen molar-refractivity contribution >= 4 is 27.9 Å². The van der Waals surface area contributed by atoms with Crippen molar-refractivity contribution in [1.82, 2.24) is 9.38 Å². The lowest BCUT2D eigenvalue weighted by atomic mass is 10.2. The van der Waals surface area contributed by atoms with Gasteiger partial charge in [-0.15, -0.1) is 11.3 Å². The fourth-order valence-corrected chi connectivity index (χ4v) is 2.63. The van der Waals surface area contributed by atoms with Gasteiger partial charge in [-0.25, -0.2) is 4.98 Å². The number of carbonyl (C=O) groups is 1. The summed E-state index contributed by atoms with van der Waals surface area (Å²) < 4.78 is 1.33. The third kappa shape index (κ3) is 2.44. The van der Waals surface area contributed by atoms with Gasteiger partial charge in [0.25, 0.3) is 11.5 Å². The molecule has 0 saturated heterocycles. The molecular weight excluding hydrogens is 290 g/mol. The van der Waals surface area contributed by atoms with Crippen LogP contribution in [0.15, 0.2) is 46.8 Å². The highest BCUT2D eigenvalue weighted by Gasteiger charge is 2.15. The number of aliphatic hydroxyl groups is 1. The Hall–Kier alpha value is -2.51. The molecule has 0 aliphatic rings. The Kier molecular flexibility index (Phi) is 3.51. The molecule has 0 atom stereocenters.